The van der Waals surface area contributed by atoms with Gasteiger partial charge in [-0.3, -0.25) is 4.79 Å². The molecule has 3 atom stereocenters. The number of aliphatic hydroxyl groups is 1. The molecule has 3 rings (SSSR count). The van der Waals surface area contributed by atoms with Crippen molar-refractivity contribution in [1.29, 1.82) is 0 Å². The second-order valence-corrected chi connectivity index (χ2v) is 5.98. The van der Waals surface area contributed by atoms with Crippen molar-refractivity contribution in [3.05, 3.63) is 54.4 Å². The van der Waals surface area contributed by atoms with Crippen molar-refractivity contribution in [2.45, 2.75) is 43.9 Å². The van der Waals surface area contributed by atoms with E-state index in [1.165, 1.54) is 12.1 Å². The van der Waals surface area contributed by atoms with Crippen molar-refractivity contribution in [3.8, 4) is 0 Å². The molecule has 1 amide bonds. The normalized spacial score (nSPS) is 24.3. The number of carbonyl (C=O) groups is 1. The Morgan fingerprint density at radius 3 is 2.83 bits per heavy atom. The quantitative estimate of drug-likeness (QED) is 0.904. The lowest BCUT2D eigenvalue weighted by molar-refractivity contribution is -0.122. The molecule has 1 aliphatic rings. The van der Waals surface area contributed by atoms with E-state index in [0.29, 0.717) is 0 Å². The summed E-state index contributed by atoms with van der Waals surface area (Å²) in [5.41, 5.74) is 0.750. The first-order valence-electron chi connectivity index (χ1n) is 7.83. The summed E-state index contributed by atoms with van der Waals surface area (Å²) in [6.45, 7) is 0. The van der Waals surface area contributed by atoms with Gasteiger partial charge < -0.3 is 15.0 Å². The van der Waals surface area contributed by atoms with Crippen molar-refractivity contribution in [3.63, 3.8) is 0 Å². The Balaban J connectivity index is 1.60. The van der Waals surface area contributed by atoms with Crippen LogP contribution in [0.5, 0.6) is 0 Å². The molecule has 1 saturated carbocycles. The number of nitrogens with one attached hydrogen (secondary N) is 1. The molecule has 0 saturated heterocycles. The fourth-order valence-corrected chi connectivity index (χ4v) is 3.15. The monoisotopic (exact) mass is 317 g/mol. The van der Waals surface area contributed by atoms with E-state index in [0.717, 1.165) is 24.8 Å². The van der Waals surface area contributed by atoms with Gasteiger partial charge in [0.1, 0.15) is 5.82 Å². The maximum atomic E-state index is 12.9. The van der Waals surface area contributed by atoms with Crippen LogP contribution in [-0.4, -0.2) is 32.7 Å². The van der Waals surface area contributed by atoms with E-state index < -0.39 is 6.10 Å². The number of rotatable bonds is 4. The number of nitrogens with zero attached hydrogens (tertiary/aromatic N) is 2. The minimum absolute atomic E-state index is 0.0672. The standard InChI is InChI=1S/C17H20FN3O2/c18-13-6-4-12(5-7-13)10-16(22)20-14-2-1-3-15(17(14)23)21-9-8-19-11-21/h4-9,11,14-15,17,23H,1-3,10H2,(H,20,22)/t14-,15-,17-/m1/s1. The van der Waals surface area contributed by atoms with Crippen LogP contribution in [0.15, 0.2) is 43.0 Å². The second-order valence-electron chi connectivity index (χ2n) is 5.98. The van der Waals surface area contributed by atoms with Crippen LogP contribution in [0.25, 0.3) is 0 Å². The fraction of sp³-hybridized carbons (Fsp3) is 0.412. The van der Waals surface area contributed by atoms with E-state index in [4.69, 9.17) is 0 Å². The Bertz CT molecular complexity index is 642. The van der Waals surface area contributed by atoms with Gasteiger partial charge in [-0.1, -0.05) is 12.1 Å². The molecule has 1 heterocycles. The molecule has 5 nitrogen and oxygen atoms in total. The maximum Gasteiger partial charge on any atom is 0.224 e. The van der Waals surface area contributed by atoms with Crippen LogP contribution in [-0.2, 0) is 11.2 Å². The molecule has 0 bridgehead atoms. The number of carbonyl (C=O) groups excluding carboxylic acids is 1. The van der Waals surface area contributed by atoms with E-state index in [9.17, 15) is 14.3 Å². The highest BCUT2D eigenvalue weighted by atomic mass is 19.1. The Hall–Kier alpha value is -2.21. The average molecular weight is 317 g/mol. The summed E-state index contributed by atoms with van der Waals surface area (Å²) in [5.74, 6) is -0.480. The number of hydrogen-bond acceptors (Lipinski definition) is 3. The largest absolute Gasteiger partial charge is 0.389 e. The molecule has 2 aromatic rings. The summed E-state index contributed by atoms with van der Waals surface area (Å²) in [6.07, 6.45) is 7.29. The van der Waals surface area contributed by atoms with Gasteiger partial charge in [0, 0.05) is 12.4 Å². The Kier molecular flexibility index (Phi) is 4.71. The Morgan fingerprint density at radius 1 is 1.35 bits per heavy atom. The molecule has 1 aliphatic carbocycles. The van der Waals surface area contributed by atoms with Gasteiger partial charge in [0.15, 0.2) is 0 Å². The summed E-state index contributed by atoms with van der Waals surface area (Å²) >= 11 is 0. The lowest BCUT2D eigenvalue weighted by Gasteiger charge is -2.35. The van der Waals surface area contributed by atoms with Crippen LogP contribution in [0.1, 0.15) is 30.9 Å². The SMILES string of the molecule is O=C(Cc1ccc(F)cc1)N[C@@H]1CCC[C@@H](n2ccnc2)[C@@H]1O. The van der Waals surface area contributed by atoms with Crippen LogP contribution in [0, 0.1) is 5.82 Å². The number of hydrogen-bond donors (Lipinski definition) is 2. The first-order valence-corrected chi connectivity index (χ1v) is 7.83. The average Bonchev–Trinajstić information content (AvgIpc) is 3.06. The lowest BCUT2D eigenvalue weighted by Crippen LogP contribution is -2.49. The third-order valence-corrected chi connectivity index (χ3v) is 4.35. The molecule has 2 N–H and O–H groups in total. The van der Waals surface area contributed by atoms with Gasteiger partial charge in [0.2, 0.25) is 5.91 Å². The molecule has 1 aromatic carbocycles. The van der Waals surface area contributed by atoms with Gasteiger partial charge in [0.25, 0.3) is 0 Å². The molecule has 0 radical (unpaired) electrons. The summed E-state index contributed by atoms with van der Waals surface area (Å²) in [4.78, 5) is 16.2. The molecule has 1 fully saturated rings. The number of benzene rings is 1. The Labute approximate surface area is 134 Å². The molecule has 0 spiro atoms. The van der Waals surface area contributed by atoms with Crippen molar-refractivity contribution >= 4 is 5.91 Å². The first-order chi connectivity index (χ1) is 11.1. The van der Waals surface area contributed by atoms with Gasteiger partial charge in [0.05, 0.1) is 30.9 Å². The molecular weight excluding hydrogens is 297 g/mol. The molecule has 0 aliphatic heterocycles. The predicted molar refractivity (Wildman–Crippen MR) is 83.2 cm³/mol. The van der Waals surface area contributed by atoms with Crippen molar-refractivity contribution < 1.29 is 14.3 Å². The van der Waals surface area contributed by atoms with Crippen molar-refractivity contribution in [1.82, 2.24) is 14.9 Å². The Morgan fingerprint density at radius 2 is 2.13 bits per heavy atom. The zero-order chi connectivity index (χ0) is 16.2. The minimum Gasteiger partial charge on any atom is -0.389 e. The molecule has 0 unspecified atom stereocenters. The van der Waals surface area contributed by atoms with Crippen LogP contribution < -0.4 is 5.32 Å². The lowest BCUT2D eigenvalue weighted by atomic mass is 9.87. The topological polar surface area (TPSA) is 67.2 Å². The predicted octanol–water partition coefficient (Wildman–Crippen LogP) is 1.84. The van der Waals surface area contributed by atoms with E-state index in [2.05, 4.69) is 10.3 Å². The third kappa shape index (κ3) is 3.76. The van der Waals surface area contributed by atoms with Gasteiger partial charge in [-0.2, -0.15) is 0 Å². The molecule has 23 heavy (non-hydrogen) atoms. The van der Waals surface area contributed by atoms with Crippen LogP contribution in [0.3, 0.4) is 0 Å². The van der Waals surface area contributed by atoms with Crippen LogP contribution in [0.4, 0.5) is 4.39 Å². The molecular formula is C17H20FN3O2. The highest BCUT2D eigenvalue weighted by Gasteiger charge is 2.33. The number of amides is 1. The number of halogens is 1. The van der Waals surface area contributed by atoms with Crippen molar-refractivity contribution in [2.75, 3.05) is 0 Å². The molecule has 1 aromatic heterocycles. The van der Waals surface area contributed by atoms with Crippen molar-refractivity contribution in [2.24, 2.45) is 0 Å². The fourth-order valence-electron chi connectivity index (χ4n) is 3.15. The zero-order valence-electron chi connectivity index (χ0n) is 12.7. The first kappa shape index (κ1) is 15.7. The van der Waals surface area contributed by atoms with Gasteiger partial charge in [-0.25, -0.2) is 9.37 Å². The number of aromatic nitrogens is 2. The number of aliphatic hydroxyl groups excluding tert-OH is 1. The summed E-state index contributed by atoms with van der Waals surface area (Å²) in [6, 6.07) is 5.54. The number of imidazole rings is 1. The zero-order valence-corrected chi connectivity index (χ0v) is 12.7. The molecule has 122 valence electrons. The van der Waals surface area contributed by atoms with Gasteiger partial charge >= 0.3 is 0 Å². The summed E-state index contributed by atoms with van der Waals surface area (Å²) in [5, 5.41) is 13.4. The van der Waals surface area contributed by atoms with E-state index in [1.807, 2.05) is 10.8 Å². The maximum absolute atomic E-state index is 12.9. The highest BCUT2D eigenvalue weighted by molar-refractivity contribution is 5.78. The van der Waals surface area contributed by atoms with Crippen LogP contribution in [0.2, 0.25) is 0 Å². The smallest absolute Gasteiger partial charge is 0.224 e. The summed E-state index contributed by atoms with van der Waals surface area (Å²) < 4.78 is 14.8. The second kappa shape index (κ2) is 6.91. The van der Waals surface area contributed by atoms with Crippen LogP contribution >= 0.6 is 0 Å². The van der Waals surface area contributed by atoms with E-state index in [-0.39, 0.29) is 30.2 Å². The van der Waals surface area contributed by atoms with Gasteiger partial charge in [-0.05, 0) is 37.0 Å². The highest BCUT2D eigenvalue weighted by Crippen LogP contribution is 2.28. The third-order valence-electron chi connectivity index (χ3n) is 4.35. The van der Waals surface area contributed by atoms with Gasteiger partial charge in [-0.15, -0.1) is 0 Å². The summed E-state index contributed by atoms with van der Waals surface area (Å²) in [7, 11) is 0. The molecule has 6 heteroatoms. The van der Waals surface area contributed by atoms with E-state index in [1.54, 1.807) is 24.7 Å². The van der Waals surface area contributed by atoms with E-state index >= 15 is 0 Å². The minimum atomic E-state index is -0.643.